The number of thioether (sulfide) groups is 1. The van der Waals surface area contributed by atoms with E-state index in [1.54, 1.807) is 24.3 Å². The van der Waals surface area contributed by atoms with E-state index in [0.717, 1.165) is 11.3 Å². The van der Waals surface area contributed by atoms with Crippen LogP contribution in [0.25, 0.3) is 11.5 Å². The van der Waals surface area contributed by atoms with Crippen molar-refractivity contribution in [2.75, 3.05) is 5.32 Å². The van der Waals surface area contributed by atoms with Crippen molar-refractivity contribution >= 4 is 17.4 Å². The number of hydrogen-bond donors (Lipinski definition) is 1. The van der Waals surface area contributed by atoms with Crippen LogP contribution in [0.5, 0.6) is 0 Å². The van der Waals surface area contributed by atoms with E-state index in [-0.39, 0.29) is 0 Å². The number of rotatable bonds is 6. The van der Waals surface area contributed by atoms with Crippen molar-refractivity contribution in [3.63, 3.8) is 0 Å². The first kappa shape index (κ1) is 15.5. The minimum atomic E-state index is -2.41. The van der Waals surface area contributed by atoms with Gasteiger partial charge < -0.3 is 9.73 Å². The van der Waals surface area contributed by atoms with Gasteiger partial charge in [0.1, 0.15) is 0 Å². The molecule has 4 nitrogen and oxygen atoms in total. The standard InChI is InChI=1S/C16H13F2N3OS/c17-16(18)23-13-8-6-12(7-9-13)19-10-14-20-21-15(22-14)11-4-2-1-3-5-11/h1-9,16,19H,10H2. The highest BCUT2D eigenvalue weighted by atomic mass is 32.2. The van der Waals surface area contributed by atoms with E-state index in [9.17, 15) is 8.78 Å². The van der Waals surface area contributed by atoms with Crippen LogP contribution in [0.2, 0.25) is 0 Å². The van der Waals surface area contributed by atoms with E-state index < -0.39 is 5.76 Å². The van der Waals surface area contributed by atoms with Gasteiger partial charge in [0.2, 0.25) is 11.8 Å². The maximum Gasteiger partial charge on any atom is 0.288 e. The van der Waals surface area contributed by atoms with Crippen LogP contribution in [0, 0.1) is 0 Å². The first-order chi connectivity index (χ1) is 11.2. The molecule has 1 N–H and O–H groups in total. The van der Waals surface area contributed by atoms with Crippen molar-refractivity contribution in [1.82, 2.24) is 10.2 Å². The summed E-state index contributed by atoms with van der Waals surface area (Å²) in [5, 5.41) is 11.1. The van der Waals surface area contributed by atoms with Gasteiger partial charge in [-0.25, -0.2) is 0 Å². The predicted octanol–water partition coefficient (Wildman–Crippen LogP) is 4.66. The Morgan fingerprint density at radius 2 is 1.74 bits per heavy atom. The number of nitrogens with one attached hydrogen (secondary N) is 1. The summed E-state index contributed by atoms with van der Waals surface area (Å²) >= 11 is 0.521. The molecule has 0 atom stereocenters. The molecule has 0 saturated heterocycles. The van der Waals surface area contributed by atoms with Crippen LogP contribution in [0.4, 0.5) is 14.5 Å². The van der Waals surface area contributed by atoms with E-state index in [0.29, 0.717) is 35.0 Å². The van der Waals surface area contributed by atoms with Gasteiger partial charge in [-0.05, 0) is 36.4 Å². The maximum atomic E-state index is 12.3. The van der Waals surface area contributed by atoms with Gasteiger partial charge in [0, 0.05) is 16.1 Å². The molecule has 23 heavy (non-hydrogen) atoms. The topological polar surface area (TPSA) is 51.0 Å². The lowest BCUT2D eigenvalue weighted by atomic mass is 10.2. The predicted molar refractivity (Wildman–Crippen MR) is 85.4 cm³/mol. The Morgan fingerprint density at radius 3 is 2.43 bits per heavy atom. The Balaban J connectivity index is 1.59. The lowest BCUT2D eigenvalue weighted by Gasteiger charge is -2.05. The highest BCUT2D eigenvalue weighted by molar-refractivity contribution is 7.99. The minimum Gasteiger partial charge on any atom is -0.419 e. The number of halogens is 2. The molecule has 0 amide bonds. The summed E-state index contributed by atoms with van der Waals surface area (Å²) in [5.74, 6) is -1.50. The zero-order chi connectivity index (χ0) is 16.1. The molecule has 1 heterocycles. The lowest BCUT2D eigenvalue weighted by Crippen LogP contribution is -1.99. The number of benzene rings is 2. The van der Waals surface area contributed by atoms with Crippen molar-refractivity contribution in [3.8, 4) is 11.5 Å². The van der Waals surface area contributed by atoms with Gasteiger partial charge >= 0.3 is 0 Å². The third-order valence-electron chi connectivity index (χ3n) is 3.01. The summed E-state index contributed by atoms with van der Waals surface area (Å²) in [5.41, 5.74) is 1.66. The fourth-order valence-electron chi connectivity index (χ4n) is 1.95. The molecule has 0 unspecified atom stereocenters. The number of nitrogens with zero attached hydrogens (tertiary/aromatic N) is 2. The van der Waals surface area contributed by atoms with Crippen LogP contribution in [0.15, 0.2) is 63.9 Å². The van der Waals surface area contributed by atoms with Gasteiger partial charge in [0.25, 0.3) is 5.76 Å². The summed E-state index contributed by atoms with van der Waals surface area (Å²) in [6.07, 6.45) is 0. The van der Waals surface area contributed by atoms with E-state index >= 15 is 0 Å². The van der Waals surface area contributed by atoms with Crippen molar-refractivity contribution in [2.45, 2.75) is 17.2 Å². The molecule has 0 aliphatic rings. The monoisotopic (exact) mass is 333 g/mol. The second-order valence-electron chi connectivity index (χ2n) is 4.62. The zero-order valence-corrected chi connectivity index (χ0v) is 12.8. The normalized spacial score (nSPS) is 10.9. The van der Waals surface area contributed by atoms with E-state index in [1.165, 1.54) is 0 Å². The SMILES string of the molecule is FC(F)Sc1ccc(NCc2nnc(-c3ccccc3)o2)cc1. The van der Waals surface area contributed by atoms with Crippen LogP contribution < -0.4 is 5.32 Å². The van der Waals surface area contributed by atoms with Crippen molar-refractivity contribution in [3.05, 3.63) is 60.5 Å². The van der Waals surface area contributed by atoms with Crippen molar-refractivity contribution in [1.29, 1.82) is 0 Å². The fourth-order valence-corrected chi connectivity index (χ4v) is 2.45. The molecule has 3 rings (SSSR count). The van der Waals surface area contributed by atoms with Crippen LogP contribution in [-0.4, -0.2) is 16.0 Å². The molecular formula is C16H13F2N3OS. The first-order valence-electron chi connectivity index (χ1n) is 6.87. The van der Waals surface area contributed by atoms with Crippen LogP contribution in [0.1, 0.15) is 5.89 Å². The Bertz CT molecular complexity index is 748. The van der Waals surface area contributed by atoms with E-state index in [4.69, 9.17) is 4.42 Å². The fraction of sp³-hybridized carbons (Fsp3) is 0.125. The number of aromatic nitrogens is 2. The Morgan fingerprint density at radius 1 is 1.00 bits per heavy atom. The highest BCUT2D eigenvalue weighted by Crippen LogP contribution is 2.26. The molecule has 7 heteroatoms. The smallest absolute Gasteiger partial charge is 0.288 e. The molecular weight excluding hydrogens is 320 g/mol. The molecule has 0 aliphatic carbocycles. The summed E-state index contributed by atoms with van der Waals surface area (Å²) in [7, 11) is 0. The molecule has 0 fully saturated rings. The summed E-state index contributed by atoms with van der Waals surface area (Å²) in [6.45, 7) is 0.362. The van der Waals surface area contributed by atoms with Gasteiger partial charge in [-0.2, -0.15) is 8.78 Å². The second kappa shape index (κ2) is 7.23. The second-order valence-corrected chi connectivity index (χ2v) is 5.69. The number of anilines is 1. The third kappa shape index (κ3) is 4.29. The summed E-state index contributed by atoms with van der Waals surface area (Å²) in [6, 6.07) is 16.3. The summed E-state index contributed by atoms with van der Waals surface area (Å²) < 4.78 is 30.1. The van der Waals surface area contributed by atoms with Gasteiger partial charge in [0.05, 0.1) is 6.54 Å². The highest BCUT2D eigenvalue weighted by Gasteiger charge is 2.08. The van der Waals surface area contributed by atoms with Gasteiger partial charge in [-0.3, -0.25) is 0 Å². The van der Waals surface area contributed by atoms with Crippen LogP contribution in [0.3, 0.4) is 0 Å². The van der Waals surface area contributed by atoms with E-state index in [2.05, 4.69) is 15.5 Å². The zero-order valence-electron chi connectivity index (χ0n) is 11.9. The van der Waals surface area contributed by atoms with Gasteiger partial charge in [-0.15, -0.1) is 10.2 Å². The molecule has 3 aromatic rings. The quantitative estimate of drug-likeness (QED) is 0.665. The van der Waals surface area contributed by atoms with Gasteiger partial charge in [0.15, 0.2) is 0 Å². The van der Waals surface area contributed by atoms with Gasteiger partial charge in [-0.1, -0.05) is 30.0 Å². The summed E-state index contributed by atoms with van der Waals surface area (Å²) in [4.78, 5) is 0.523. The van der Waals surface area contributed by atoms with E-state index in [1.807, 2.05) is 30.3 Å². The molecule has 2 aromatic carbocycles. The molecule has 0 saturated carbocycles. The van der Waals surface area contributed by atoms with Crippen molar-refractivity contribution < 1.29 is 13.2 Å². The molecule has 0 bridgehead atoms. The molecule has 0 aliphatic heterocycles. The lowest BCUT2D eigenvalue weighted by molar-refractivity contribution is 0.252. The third-order valence-corrected chi connectivity index (χ3v) is 3.73. The Hall–Kier alpha value is -2.41. The molecule has 0 radical (unpaired) electrons. The van der Waals surface area contributed by atoms with Crippen molar-refractivity contribution in [2.24, 2.45) is 0 Å². The van der Waals surface area contributed by atoms with Crippen LogP contribution in [-0.2, 0) is 6.54 Å². The Labute approximate surface area is 135 Å². The molecule has 0 spiro atoms. The Kier molecular flexibility index (Phi) is 4.87. The maximum absolute atomic E-state index is 12.3. The number of hydrogen-bond acceptors (Lipinski definition) is 5. The first-order valence-corrected chi connectivity index (χ1v) is 7.75. The molecule has 1 aromatic heterocycles. The largest absolute Gasteiger partial charge is 0.419 e. The number of alkyl halides is 2. The average Bonchev–Trinajstić information content (AvgIpc) is 3.04. The average molecular weight is 333 g/mol. The van der Waals surface area contributed by atoms with Crippen LogP contribution >= 0.6 is 11.8 Å². The minimum absolute atomic E-state index is 0.362. The molecule has 118 valence electrons.